The Hall–Kier alpha value is -0.540. The smallest absolute Gasteiger partial charge is 0.463 e. The lowest BCUT2D eigenvalue weighted by molar-refractivity contribution is -0.299. The van der Waals surface area contributed by atoms with Crippen molar-refractivity contribution in [1.82, 2.24) is 4.67 Å². The van der Waals surface area contributed by atoms with Crippen LogP contribution in [0.15, 0.2) is 0 Å². The van der Waals surface area contributed by atoms with Gasteiger partial charge >= 0.3 is 13.7 Å². The molecule has 2 atom stereocenters. The first-order valence-corrected chi connectivity index (χ1v) is 8.13. The molecule has 0 aliphatic carbocycles. The van der Waals surface area contributed by atoms with Crippen molar-refractivity contribution in [3.8, 4) is 0 Å². The van der Waals surface area contributed by atoms with E-state index in [1.54, 1.807) is 27.7 Å². The molecule has 1 fully saturated rings. The van der Waals surface area contributed by atoms with E-state index in [2.05, 4.69) is 0 Å². The fourth-order valence-electron chi connectivity index (χ4n) is 1.68. The molecule has 0 bridgehead atoms. The molecule has 10 heteroatoms. The first kappa shape index (κ1) is 18.5. The molecule has 0 aromatic carbocycles. The van der Waals surface area contributed by atoms with Gasteiger partial charge in [-0.05, 0) is 27.7 Å². The molecule has 21 heavy (non-hydrogen) atoms. The van der Waals surface area contributed by atoms with Crippen molar-refractivity contribution in [3.63, 3.8) is 0 Å². The number of aliphatic hydroxyl groups is 1. The van der Waals surface area contributed by atoms with Crippen LogP contribution >= 0.6 is 7.75 Å². The fourth-order valence-corrected chi connectivity index (χ4v) is 3.36. The number of carboxylic acids is 1. The molecule has 124 valence electrons. The average molecular weight is 327 g/mol. The van der Waals surface area contributed by atoms with Crippen LogP contribution in [0.3, 0.4) is 0 Å². The summed E-state index contributed by atoms with van der Waals surface area (Å²) in [5, 5.41) is 18.8. The topological polar surface area (TPSA) is 115 Å². The van der Waals surface area contributed by atoms with Crippen LogP contribution < -0.4 is 0 Å². The van der Waals surface area contributed by atoms with Gasteiger partial charge in [-0.15, -0.1) is 9.35 Å². The van der Waals surface area contributed by atoms with Gasteiger partial charge in [0.05, 0.1) is 18.3 Å². The van der Waals surface area contributed by atoms with Gasteiger partial charge in [-0.2, -0.15) is 4.67 Å². The van der Waals surface area contributed by atoms with Crippen LogP contribution in [0.2, 0.25) is 0 Å². The van der Waals surface area contributed by atoms with E-state index in [0.717, 1.165) is 4.67 Å². The summed E-state index contributed by atoms with van der Waals surface area (Å²) in [5.41, 5.74) is 0. The normalized spacial score (nSPS) is 24.1. The van der Waals surface area contributed by atoms with Gasteiger partial charge in [-0.1, -0.05) is 0 Å². The molecular weight excluding hydrogens is 305 g/mol. The highest BCUT2D eigenvalue weighted by atomic mass is 31.2. The summed E-state index contributed by atoms with van der Waals surface area (Å²) >= 11 is 0. The van der Waals surface area contributed by atoms with Gasteiger partial charge in [0, 0.05) is 13.0 Å². The maximum absolute atomic E-state index is 12.7. The third kappa shape index (κ3) is 5.30. The maximum Gasteiger partial charge on any atom is 0.463 e. The van der Waals surface area contributed by atoms with Crippen LogP contribution in [0.1, 0.15) is 34.1 Å². The molecule has 0 aromatic heterocycles. The molecule has 2 N–H and O–H groups in total. The van der Waals surface area contributed by atoms with Crippen LogP contribution in [-0.2, 0) is 28.5 Å². The summed E-state index contributed by atoms with van der Waals surface area (Å²) in [5.74, 6) is -1.24. The summed E-state index contributed by atoms with van der Waals surface area (Å²) < 4.78 is 23.3. The van der Waals surface area contributed by atoms with Crippen LogP contribution in [-0.4, -0.2) is 51.8 Å². The number of carboxylic acid groups (broad SMARTS) is 1. The number of β-amino-alcohol motifs (C(OH)–C–C–N with tert-alkyl or cyclic N) is 1. The largest absolute Gasteiger partial charge is 0.480 e. The Bertz CT molecular complexity index is 386. The van der Waals surface area contributed by atoms with E-state index in [4.69, 9.17) is 24.2 Å². The van der Waals surface area contributed by atoms with Gasteiger partial charge in [0.1, 0.15) is 6.04 Å². The molecule has 1 heterocycles. The first-order chi connectivity index (χ1) is 9.65. The third-order valence-corrected chi connectivity index (χ3v) is 4.13. The predicted octanol–water partition coefficient (Wildman–Crippen LogP) is 1.33. The molecule has 9 nitrogen and oxygen atoms in total. The molecule has 0 saturated carbocycles. The summed E-state index contributed by atoms with van der Waals surface area (Å²) in [7, 11) is -4.17. The molecule has 1 aliphatic rings. The van der Waals surface area contributed by atoms with Crippen molar-refractivity contribution in [2.24, 2.45) is 0 Å². The van der Waals surface area contributed by atoms with Gasteiger partial charge in [-0.25, -0.2) is 14.3 Å². The second kappa shape index (κ2) is 7.64. The minimum absolute atomic E-state index is 0.0879. The number of carbonyl (C=O) groups is 1. The Labute approximate surface area is 123 Å². The van der Waals surface area contributed by atoms with Crippen LogP contribution in [0.4, 0.5) is 0 Å². The number of hydrogen-bond donors (Lipinski definition) is 2. The van der Waals surface area contributed by atoms with Crippen LogP contribution in [0, 0.1) is 0 Å². The minimum Gasteiger partial charge on any atom is -0.480 e. The Morgan fingerprint density at radius 1 is 1.19 bits per heavy atom. The van der Waals surface area contributed by atoms with Crippen molar-refractivity contribution in [2.45, 2.75) is 58.5 Å². The van der Waals surface area contributed by atoms with Crippen molar-refractivity contribution in [2.75, 3.05) is 6.54 Å². The van der Waals surface area contributed by atoms with Gasteiger partial charge in [0.15, 0.2) is 0 Å². The zero-order valence-corrected chi connectivity index (χ0v) is 13.4. The molecule has 0 spiro atoms. The molecule has 1 rings (SSSR count). The number of rotatable bonds is 8. The van der Waals surface area contributed by atoms with Gasteiger partial charge in [0.2, 0.25) is 0 Å². The Balaban J connectivity index is 2.92. The van der Waals surface area contributed by atoms with E-state index in [-0.39, 0.29) is 13.0 Å². The average Bonchev–Trinajstić information content (AvgIpc) is 2.77. The van der Waals surface area contributed by atoms with Crippen molar-refractivity contribution < 1.29 is 38.7 Å². The second-order valence-corrected chi connectivity index (χ2v) is 7.02. The molecule has 0 radical (unpaired) electrons. The van der Waals surface area contributed by atoms with E-state index in [0.29, 0.717) is 0 Å². The first-order valence-electron chi connectivity index (χ1n) is 6.64. The van der Waals surface area contributed by atoms with Crippen LogP contribution in [0.5, 0.6) is 0 Å². The number of nitrogens with zero attached hydrogens (tertiary/aromatic N) is 1. The Morgan fingerprint density at radius 3 is 2.05 bits per heavy atom. The molecule has 0 amide bonds. The van der Waals surface area contributed by atoms with E-state index in [1.165, 1.54) is 0 Å². The standard InChI is InChI=1S/C11H22NO8P/c1-7(2)17-19-21(16,20-18-8(3)4)12-6-9(13)5-10(12)11(14)15/h7-10,13H,5-6H2,1-4H3,(H,14,15)/t9-,10+/m1/s1. The predicted molar refractivity (Wildman–Crippen MR) is 71.0 cm³/mol. The zero-order chi connectivity index (χ0) is 16.2. The summed E-state index contributed by atoms with van der Waals surface area (Å²) in [6, 6.07) is -1.21. The Morgan fingerprint density at radius 2 is 1.67 bits per heavy atom. The van der Waals surface area contributed by atoms with Crippen molar-refractivity contribution in [3.05, 3.63) is 0 Å². The SMILES string of the molecule is CC(C)OOP(=O)(OOC(C)C)N1C[C@H](O)C[C@H]1C(=O)O. The lowest BCUT2D eigenvalue weighted by Crippen LogP contribution is -2.35. The third-order valence-electron chi connectivity index (χ3n) is 2.51. The van der Waals surface area contributed by atoms with E-state index in [9.17, 15) is 14.5 Å². The van der Waals surface area contributed by atoms with Crippen molar-refractivity contribution >= 4 is 13.7 Å². The molecule has 1 saturated heterocycles. The highest BCUT2D eigenvalue weighted by Crippen LogP contribution is 2.56. The van der Waals surface area contributed by atoms with E-state index >= 15 is 0 Å². The highest BCUT2D eigenvalue weighted by molar-refractivity contribution is 7.51. The number of hydrogen-bond acceptors (Lipinski definition) is 7. The summed E-state index contributed by atoms with van der Waals surface area (Å²) in [4.78, 5) is 20.9. The zero-order valence-electron chi connectivity index (χ0n) is 12.5. The Kier molecular flexibility index (Phi) is 6.73. The van der Waals surface area contributed by atoms with Crippen LogP contribution in [0.25, 0.3) is 0 Å². The second-order valence-electron chi connectivity index (χ2n) is 5.27. The minimum atomic E-state index is -4.17. The van der Waals surface area contributed by atoms with E-state index in [1.807, 2.05) is 0 Å². The van der Waals surface area contributed by atoms with E-state index < -0.39 is 38.1 Å². The van der Waals surface area contributed by atoms with Gasteiger partial charge in [0.25, 0.3) is 0 Å². The highest BCUT2D eigenvalue weighted by Gasteiger charge is 2.50. The number of aliphatic carboxylic acids is 1. The van der Waals surface area contributed by atoms with Crippen molar-refractivity contribution in [1.29, 1.82) is 0 Å². The monoisotopic (exact) mass is 327 g/mol. The molecule has 0 unspecified atom stereocenters. The lowest BCUT2D eigenvalue weighted by Gasteiger charge is -2.28. The molecular formula is C11H22NO8P. The lowest BCUT2D eigenvalue weighted by atomic mass is 10.2. The maximum atomic E-state index is 12.7. The van der Waals surface area contributed by atoms with Gasteiger partial charge in [-0.3, -0.25) is 4.79 Å². The number of aliphatic hydroxyl groups excluding tert-OH is 1. The molecule has 1 aliphatic heterocycles. The summed E-state index contributed by atoms with van der Waals surface area (Å²) in [6.45, 7) is 6.38. The van der Waals surface area contributed by atoms with Gasteiger partial charge < -0.3 is 10.2 Å². The molecule has 0 aromatic rings. The fraction of sp³-hybridized carbons (Fsp3) is 0.909. The summed E-state index contributed by atoms with van der Waals surface area (Å²) in [6.07, 6.45) is -1.88. The quantitative estimate of drug-likeness (QED) is 0.387.